The topological polar surface area (TPSA) is 52.6 Å². The first kappa shape index (κ1) is 57.5. The van der Waals surface area contributed by atoms with E-state index in [0.717, 1.165) is 103 Å². The first-order valence-corrected chi connectivity index (χ1v) is 23.9. The second kappa shape index (κ2) is 44.0. The van der Waals surface area contributed by atoms with Crippen LogP contribution in [0.4, 0.5) is 0 Å². The van der Waals surface area contributed by atoms with Crippen molar-refractivity contribution in [3.63, 3.8) is 0 Å². The molecule has 0 rings (SSSR count). The Morgan fingerprint density at radius 3 is 0.879 bits per heavy atom. The summed E-state index contributed by atoms with van der Waals surface area (Å²) in [4.78, 5) is 25.1. The lowest BCUT2D eigenvalue weighted by Crippen LogP contribution is -3.00. The van der Waals surface area contributed by atoms with Crippen LogP contribution in [0.25, 0.3) is 0 Å². The number of carbonyl (C=O) groups excluding carboxylic acids is 2. The molecule has 0 radical (unpaired) electrons. The van der Waals surface area contributed by atoms with Crippen molar-refractivity contribution in [1.82, 2.24) is 0 Å². The number of unbranched alkanes of at least 4 members (excludes halogenated alkanes) is 28. The van der Waals surface area contributed by atoms with Gasteiger partial charge in [-0.1, -0.05) is 179 Å². The third kappa shape index (κ3) is 38.9. The molecule has 0 saturated heterocycles. The lowest BCUT2D eigenvalue weighted by Gasteiger charge is -2.39. The van der Waals surface area contributed by atoms with Crippen LogP contribution < -0.4 is 12.4 Å². The van der Waals surface area contributed by atoms with Crippen molar-refractivity contribution < 1.29 is 36.0 Å². The Labute approximate surface area is 366 Å². The van der Waals surface area contributed by atoms with E-state index >= 15 is 0 Å². The number of hydrogen-bond acceptors (Lipinski definition) is 4. The van der Waals surface area contributed by atoms with Crippen molar-refractivity contribution in [3.8, 4) is 47.4 Å². The molecule has 2 unspecified atom stereocenters. The number of halogens is 1. The number of rotatable bonds is 36. The zero-order chi connectivity index (χ0) is 41.9. The van der Waals surface area contributed by atoms with Gasteiger partial charge in [-0.05, 0) is 62.2 Å². The van der Waals surface area contributed by atoms with Crippen LogP contribution in [0.3, 0.4) is 0 Å². The molecule has 332 valence electrons. The molecule has 5 nitrogen and oxygen atoms in total. The Kier molecular flexibility index (Phi) is 43.6. The molecular weight excluding hydrogens is 738 g/mol. The molecule has 0 aromatic heterocycles. The van der Waals surface area contributed by atoms with E-state index in [9.17, 15) is 9.59 Å². The van der Waals surface area contributed by atoms with Crippen molar-refractivity contribution in [1.29, 1.82) is 0 Å². The molecule has 58 heavy (non-hydrogen) atoms. The summed E-state index contributed by atoms with van der Waals surface area (Å²) in [5, 5.41) is 0. The van der Waals surface area contributed by atoms with E-state index in [2.05, 4.69) is 61.2 Å². The summed E-state index contributed by atoms with van der Waals surface area (Å²) in [6.45, 7) is 8.29. The highest BCUT2D eigenvalue weighted by atomic mass is 35.5. The van der Waals surface area contributed by atoms with Crippen molar-refractivity contribution in [2.45, 2.75) is 258 Å². The average molecular weight is 827 g/mol. The van der Waals surface area contributed by atoms with Gasteiger partial charge in [-0.3, -0.25) is 14.1 Å². The molecule has 0 bridgehead atoms. The number of carbonyl (C=O) groups is 2. The van der Waals surface area contributed by atoms with Gasteiger partial charge in [-0.25, -0.2) is 0 Å². The Morgan fingerprint density at radius 1 is 0.397 bits per heavy atom. The average Bonchev–Trinajstić information content (AvgIpc) is 3.19. The van der Waals surface area contributed by atoms with Gasteiger partial charge in [-0.15, -0.1) is 0 Å². The normalized spacial score (nSPS) is 11.6. The summed E-state index contributed by atoms with van der Waals surface area (Å²) < 4.78 is 11.8. The summed E-state index contributed by atoms with van der Waals surface area (Å²) in [6, 6.07) is 0. The van der Waals surface area contributed by atoms with Crippen molar-refractivity contribution in [2.24, 2.45) is 0 Å². The van der Waals surface area contributed by atoms with Crippen LogP contribution >= 0.6 is 0 Å². The maximum atomic E-state index is 12.6. The van der Waals surface area contributed by atoms with Gasteiger partial charge in [0.05, 0.1) is 14.1 Å². The number of nitrogens with zero attached hydrogens (tertiary/aromatic N) is 1. The fourth-order valence-electron chi connectivity index (χ4n) is 6.57. The largest absolute Gasteiger partial charge is 1.00 e. The van der Waals surface area contributed by atoms with E-state index in [1.54, 1.807) is 0 Å². The highest BCUT2D eigenvalue weighted by Gasteiger charge is 2.35. The lowest BCUT2D eigenvalue weighted by atomic mass is 10.1. The van der Waals surface area contributed by atoms with E-state index in [-0.39, 0.29) is 28.8 Å². The Bertz CT molecular complexity index is 1140. The molecular formula is C52H88ClNO4. The minimum atomic E-state index is -0.410. The predicted octanol–water partition coefficient (Wildman–Crippen LogP) is 11.2. The van der Waals surface area contributed by atoms with Gasteiger partial charge in [0.15, 0.2) is 0 Å². The summed E-state index contributed by atoms with van der Waals surface area (Å²) in [5.41, 5.74) is 0. The monoisotopic (exact) mass is 826 g/mol. The third-order valence-corrected chi connectivity index (χ3v) is 11.1. The highest BCUT2D eigenvalue weighted by Crippen LogP contribution is 2.19. The Morgan fingerprint density at radius 2 is 0.621 bits per heavy atom. The third-order valence-electron chi connectivity index (χ3n) is 11.1. The fourth-order valence-corrected chi connectivity index (χ4v) is 6.57. The molecule has 0 aliphatic carbocycles. The molecule has 0 aliphatic heterocycles. The van der Waals surface area contributed by atoms with E-state index in [1.165, 1.54) is 103 Å². The van der Waals surface area contributed by atoms with Crippen LogP contribution in [0.15, 0.2) is 0 Å². The standard InChI is InChI=1S/C52H88NO4.ClH/c1-7-9-11-13-15-17-19-21-23-25-27-29-31-33-35-37-39-41-43-45-47-51(54)56-49(3)53(5,6)50(4)57-52(55)48-46-44-42-40-38-36-34-32-30-28-26-24-22-20-18-16-14-12-10-8-2;/h49-50H,7-24,33-48H2,1-6H3;1H/q+1;/p-1. The smallest absolute Gasteiger partial charge is 0.310 e. The van der Waals surface area contributed by atoms with Crippen LogP contribution in [0.2, 0.25) is 0 Å². The minimum absolute atomic E-state index is 0. The molecule has 0 heterocycles. The van der Waals surface area contributed by atoms with Gasteiger partial charge in [0.25, 0.3) is 0 Å². The summed E-state index contributed by atoms with van der Waals surface area (Å²) in [7, 11) is 3.89. The zero-order valence-electron chi connectivity index (χ0n) is 38.7. The fraction of sp³-hybridized carbons (Fsp3) is 0.808. The van der Waals surface area contributed by atoms with Gasteiger partial charge in [0.2, 0.25) is 12.5 Å². The van der Waals surface area contributed by atoms with Crippen LogP contribution in [-0.2, 0) is 19.1 Å². The van der Waals surface area contributed by atoms with E-state index in [1.807, 2.05) is 27.9 Å². The summed E-state index contributed by atoms with van der Waals surface area (Å²) in [5.74, 6) is 24.5. The molecule has 0 aromatic carbocycles. The summed E-state index contributed by atoms with van der Waals surface area (Å²) in [6.07, 6.45) is 37.9. The molecule has 0 N–H and O–H groups in total. The van der Waals surface area contributed by atoms with Gasteiger partial charge < -0.3 is 21.9 Å². The van der Waals surface area contributed by atoms with Crippen LogP contribution in [0.1, 0.15) is 246 Å². The highest BCUT2D eigenvalue weighted by molar-refractivity contribution is 5.69. The van der Waals surface area contributed by atoms with Crippen LogP contribution in [-0.4, -0.2) is 43.0 Å². The van der Waals surface area contributed by atoms with E-state index in [4.69, 9.17) is 9.47 Å². The van der Waals surface area contributed by atoms with Gasteiger partial charge in [0.1, 0.15) is 0 Å². The SMILES string of the molecule is CCCCCCCCCCC#CC#CCCCCCCCCC(=O)OC(C)[N+](C)(C)C(C)OC(=O)CCCCCCCCC#CC#CCCCCCCCCCC.[Cl-]. The number of ether oxygens (including phenoxy) is 2. The van der Waals surface area contributed by atoms with Crippen molar-refractivity contribution in [2.75, 3.05) is 14.1 Å². The van der Waals surface area contributed by atoms with E-state index in [0.29, 0.717) is 12.8 Å². The molecule has 2 atom stereocenters. The first-order valence-electron chi connectivity index (χ1n) is 23.9. The minimum Gasteiger partial charge on any atom is -1.00 e. The quantitative estimate of drug-likeness (QED) is 0.0208. The Balaban J connectivity index is 0. The number of quaternary nitrogens is 1. The summed E-state index contributed by atoms with van der Waals surface area (Å²) >= 11 is 0. The van der Waals surface area contributed by atoms with E-state index < -0.39 is 12.5 Å². The molecule has 0 aliphatic rings. The van der Waals surface area contributed by atoms with Crippen LogP contribution in [0.5, 0.6) is 0 Å². The Hall–Kier alpha value is -2.57. The maximum absolute atomic E-state index is 12.6. The first-order chi connectivity index (χ1) is 27.8. The van der Waals surface area contributed by atoms with Crippen molar-refractivity contribution >= 4 is 11.9 Å². The number of hydrogen-bond donors (Lipinski definition) is 0. The van der Waals surface area contributed by atoms with Gasteiger partial charge in [0, 0.05) is 52.4 Å². The number of esters is 2. The lowest BCUT2D eigenvalue weighted by molar-refractivity contribution is -0.971. The van der Waals surface area contributed by atoms with Gasteiger partial charge in [-0.2, -0.15) is 0 Å². The van der Waals surface area contributed by atoms with Crippen LogP contribution in [0, 0.1) is 47.4 Å². The maximum Gasteiger partial charge on any atom is 0.310 e. The zero-order valence-corrected chi connectivity index (χ0v) is 39.4. The predicted molar refractivity (Wildman–Crippen MR) is 243 cm³/mol. The second-order valence-corrected chi connectivity index (χ2v) is 16.7. The molecule has 6 heteroatoms. The molecule has 0 amide bonds. The molecule has 0 saturated carbocycles. The molecule has 0 aromatic rings. The van der Waals surface area contributed by atoms with Gasteiger partial charge >= 0.3 is 11.9 Å². The second-order valence-electron chi connectivity index (χ2n) is 16.7. The molecule has 0 fully saturated rings. The molecule has 0 spiro atoms. The van der Waals surface area contributed by atoms with Crippen molar-refractivity contribution in [3.05, 3.63) is 0 Å².